The zero-order chi connectivity index (χ0) is 14.8. The van der Waals surface area contributed by atoms with Crippen LogP contribution in [0.4, 0.5) is 5.69 Å². The molecule has 3 heteroatoms. The Morgan fingerprint density at radius 1 is 0.905 bits per heavy atom. The van der Waals surface area contributed by atoms with E-state index in [0.717, 1.165) is 10.5 Å². The maximum absolute atomic E-state index is 4.87. The summed E-state index contributed by atoms with van der Waals surface area (Å²) in [4.78, 5) is 5.89. The predicted molar refractivity (Wildman–Crippen MR) is 89.9 cm³/mol. The molecule has 0 atom stereocenters. The molecule has 0 aliphatic rings. The Bertz CT molecular complexity index is 806. The van der Waals surface area contributed by atoms with Crippen LogP contribution in [0.2, 0.25) is 0 Å². The molecule has 0 N–H and O–H groups in total. The quantitative estimate of drug-likeness (QED) is 0.657. The number of hydrogen-bond acceptors (Lipinski definition) is 2. The molecule has 0 radical (unpaired) electrons. The van der Waals surface area contributed by atoms with Crippen LogP contribution in [0, 0.1) is 13.8 Å². The van der Waals surface area contributed by atoms with E-state index in [1.54, 1.807) is 11.3 Å². The summed E-state index contributed by atoms with van der Waals surface area (Å²) >= 11 is 1.68. The Hall–Kier alpha value is -2.13. The number of nitrogens with zero attached hydrogens (tertiary/aromatic N) is 2. The zero-order valence-electron chi connectivity index (χ0n) is 12.5. The maximum Gasteiger partial charge on any atom is 0.190 e. The number of aryl methyl sites for hydroxylation is 2. The normalized spacial score (nSPS) is 11.9. The number of thiazole rings is 1. The van der Waals surface area contributed by atoms with E-state index in [0.29, 0.717) is 0 Å². The second-order valence-corrected chi connectivity index (χ2v) is 6.02. The van der Waals surface area contributed by atoms with Gasteiger partial charge in [0.25, 0.3) is 0 Å². The lowest BCUT2D eigenvalue weighted by Crippen LogP contribution is -2.11. The van der Waals surface area contributed by atoms with Crippen molar-refractivity contribution in [3.63, 3.8) is 0 Å². The molecule has 0 bridgehead atoms. The fourth-order valence-electron chi connectivity index (χ4n) is 2.42. The molecular weight excluding hydrogens is 276 g/mol. The van der Waals surface area contributed by atoms with Crippen molar-refractivity contribution in [3.05, 3.63) is 69.8 Å². The average molecular weight is 294 g/mol. The smallest absolute Gasteiger partial charge is 0.190 e. The highest BCUT2D eigenvalue weighted by atomic mass is 32.1. The van der Waals surface area contributed by atoms with Crippen molar-refractivity contribution in [1.29, 1.82) is 0 Å². The van der Waals surface area contributed by atoms with E-state index in [1.165, 1.54) is 22.4 Å². The van der Waals surface area contributed by atoms with Crippen LogP contribution >= 0.6 is 11.3 Å². The van der Waals surface area contributed by atoms with Crippen molar-refractivity contribution in [2.24, 2.45) is 12.0 Å². The fraction of sp³-hybridized carbons (Fsp3) is 0.167. The Morgan fingerprint density at radius 2 is 1.57 bits per heavy atom. The van der Waals surface area contributed by atoms with Gasteiger partial charge in [-0.2, -0.15) is 0 Å². The second kappa shape index (κ2) is 5.70. The molecule has 0 aliphatic heterocycles. The molecule has 3 rings (SSSR count). The Kier molecular flexibility index (Phi) is 3.76. The van der Waals surface area contributed by atoms with Gasteiger partial charge in [-0.05, 0) is 30.5 Å². The van der Waals surface area contributed by atoms with Gasteiger partial charge in [-0.25, -0.2) is 4.99 Å². The number of rotatable bonds is 2. The van der Waals surface area contributed by atoms with Gasteiger partial charge < -0.3 is 4.57 Å². The largest absolute Gasteiger partial charge is 0.320 e. The van der Waals surface area contributed by atoms with Crippen molar-refractivity contribution in [3.8, 4) is 11.3 Å². The first-order chi connectivity index (χ1) is 10.2. The minimum absolute atomic E-state index is 1.02. The Labute approximate surface area is 129 Å². The highest BCUT2D eigenvalue weighted by Crippen LogP contribution is 2.23. The molecule has 0 unspecified atom stereocenters. The SMILES string of the molecule is Cc1cccc(C)c1N=c1scc(-c2ccccc2)n1C. The van der Waals surface area contributed by atoms with Crippen molar-refractivity contribution >= 4 is 17.0 Å². The number of para-hydroxylation sites is 1. The standard InChI is InChI=1S/C18H18N2S/c1-13-8-7-9-14(2)17(13)19-18-20(3)16(12-21-18)15-10-5-4-6-11-15/h4-12H,1-3H3. The van der Waals surface area contributed by atoms with Gasteiger partial charge in [0.05, 0.1) is 11.4 Å². The summed E-state index contributed by atoms with van der Waals surface area (Å²) in [6.07, 6.45) is 0. The Balaban J connectivity index is 2.13. The molecule has 21 heavy (non-hydrogen) atoms. The first-order valence-corrected chi connectivity index (χ1v) is 7.85. The lowest BCUT2D eigenvalue weighted by atomic mass is 10.1. The van der Waals surface area contributed by atoms with E-state index >= 15 is 0 Å². The monoisotopic (exact) mass is 294 g/mol. The van der Waals surface area contributed by atoms with Crippen molar-refractivity contribution in [1.82, 2.24) is 4.57 Å². The lowest BCUT2D eigenvalue weighted by Gasteiger charge is -2.05. The van der Waals surface area contributed by atoms with E-state index in [9.17, 15) is 0 Å². The van der Waals surface area contributed by atoms with Crippen LogP contribution in [0.25, 0.3) is 11.3 Å². The fourth-order valence-corrected chi connectivity index (χ4v) is 3.33. The molecule has 2 aromatic carbocycles. The van der Waals surface area contributed by atoms with E-state index < -0.39 is 0 Å². The number of hydrogen-bond donors (Lipinski definition) is 0. The topological polar surface area (TPSA) is 17.3 Å². The minimum Gasteiger partial charge on any atom is -0.320 e. The number of benzene rings is 2. The van der Waals surface area contributed by atoms with Crippen LogP contribution in [-0.2, 0) is 7.05 Å². The lowest BCUT2D eigenvalue weighted by molar-refractivity contribution is 0.882. The number of aromatic nitrogens is 1. The van der Waals surface area contributed by atoms with E-state index in [1.807, 2.05) is 6.07 Å². The van der Waals surface area contributed by atoms with E-state index in [2.05, 4.69) is 73.3 Å². The molecule has 1 heterocycles. The molecule has 0 fully saturated rings. The summed E-state index contributed by atoms with van der Waals surface area (Å²) in [5.74, 6) is 0. The molecule has 0 amide bonds. The first kappa shape index (κ1) is 13.8. The van der Waals surface area contributed by atoms with E-state index in [-0.39, 0.29) is 0 Å². The molecule has 106 valence electrons. The van der Waals surface area contributed by atoms with Crippen LogP contribution in [0.5, 0.6) is 0 Å². The van der Waals surface area contributed by atoms with Crippen molar-refractivity contribution in [2.75, 3.05) is 0 Å². The van der Waals surface area contributed by atoms with Gasteiger partial charge in [0, 0.05) is 12.4 Å². The minimum atomic E-state index is 1.02. The van der Waals surface area contributed by atoms with Crippen molar-refractivity contribution in [2.45, 2.75) is 13.8 Å². The second-order valence-electron chi connectivity index (χ2n) is 5.18. The summed E-state index contributed by atoms with van der Waals surface area (Å²) in [6.45, 7) is 4.22. The molecular formula is C18H18N2S. The van der Waals surface area contributed by atoms with Crippen LogP contribution < -0.4 is 4.80 Å². The third-order valence-corrected chi connectivity index (χ3v) is 4.56. The van der Waals surface area contributed by atoms with Gasteiger partial charge in [-0.3, -0.25) is 0 Å². The summed E-state index contributed by atoms with van der Waals surface area (Å²) in [5, 5.41) is 2.17. The third kappa shape index (κ3) is 2.69. The molecule has 3 aromatic rings. The summed E-state index contributed by atoms with van der Waals surface area (Å²) in [6, 6.07) is 16.7. The van der Waals surface area contributed by atoms with E-state index in [4.69, 9.17) is 4.99 Å². The molecule has 0 saturated heterocycles. The van der Waals surface area contributed by atoms with Crippen molar-refractivity contribution < 1.29 is 0 Å². The molecule has 0 aliphatic carbocycles. The summed E-state index contributed by atoms with van der Waals surface area (Å²) in [7, 11) is 2.07. The van der Waals surface area contributed by atoms with Gasteiger partial charge in [0.1, 0.15) is 0 Å². The van der Waals surface area contributed by atoms with Gasteiger partial charge in [0.15, 0.2) is 4.80 Å². The molecule has 0 saturated carbocycles. The molecule has 0 spiro atoms. The first-order valence-electron chi connectivity index (χ1n) is 6.97. The predicted octanol–water partition coefficient (Wildman–Crippen LogP) is 4.60. The zero-order valence-corrected chi connectivity index (χ0v) is 13.3. The highest BCUT2D eigenvalue weighted by Gasteiger charge is 2.05. The molecule has 2 nitrogen and oxygen atoms in total. The third-order valence-electron chi connectivity index (χ3n) is 3.64. The van der Waals surface area contributed by atoms with Gasteiger partial charge in [-0.15, -0.1) is 11.3 Å². The maximum atomic E-state index is 4.87. The summed E-state index contributed by atoms with van der Waals surface area (Å²) in [5.41, 5.74) is 5.92. The summed E-state index contributed by atoms with van der Waals surface area (Å²) < 4.78 is 2.16. The van der Waals surface area contributed by atoms with Crippen LogP contribution in [0.1, 0.15) is 11.1 Å². The average Bonchev–Trinajstić information content (AvgIpc) is 2.85. The molecule has 1 aromatic heterocycles. The Morgan fingerprint density at radius 3 is 2.24 bits per heavy atom. The van der Waals surface area contributed by atoms with Gasteiger partial charge in [-0.1, -0.05) is 48.5 Å². The van der Waals surface area contributed by atoms with Gasteiger partial charge in [0.2, 0.25) is 0 Å². The van der Waals surface area contributed by atoms with Crippen LogP contribution in [0.3, 0.4) is 0 Å². The highest BCUT2D eigenvalue weighted by molar-refractivity contribution is 7.07. The van der Waals surface area contributed by atoms with Crippen LogP contribution in [0.15, 0.2) is 58.9 Å². The van der Waals surface area contributed by atoms with Gasteiger partial charge >= 0.3 is 0 Å². The van der Waals surface area contributed by atoms with Crippen LogP contribution in [-0.4, -0.2) is 4.57 Å².